The van der Waals surface area contributed by atoms with Crippen molar-refractivity contribution >= 4 is 5.90 Å². The van der Waals surface area contributed by atoms with Crippen molar-refractivity contribution in [3.05, 3.63) is 12.2 Å². The summed E-state index contributed by atoms with van der Waals surface area (Å²) in [7, 11) is 2.97. The lowest BCUT2D eigenvalue weighted by Crippen LogP contribution is -2.33. The predicted octanol–water partition coefficient (Wildman–Crippen LogP) is -2.09. The first-order valence-electron chi connectivity index (χ1n) is 5.67. The van der Waals surface area contributed by atoms with Crippen molar-refractivity contribution in [3.63, 3.8) is 0 Å². The van der Waals surface area contributed by atoms with Gasteiger partial charge in [-0.3, -0.25) is 4.99 Å². The molecule has 1 aliphatic rings. The van der Waals surface area contributed by atoms with Crippen molar-refractivity contribution in [1.29, 1.82) is 0 Å². The van der Waals surface area contributed by atoms with Crippen LogP contribution in [0.4, 0.5) is 0 Å². The zero-order valence-corrected chi connectivity index (χ0v) is 10.5. The zero-order chi connectivity index (χ0) is 14.0. The molecule has 1 fully saturated rings. The smallest absolute Gasteiger partial charge is 0.256 e. The maximum absolute atomic E-state index is 9.84. The largest absolute Gasteiger partial charge is 0.479 e. The van der Waals surface area contributed by atoms with Crippen LogP contribution in [0.3, 0.4) is 0 Å². The number of aliphatic hydroxyl groups excluding tert-OH is 3. The van der Waals surface area contributed by atoms with Crippen LogP contribution in [0.25, 0.3) is 0 Å². The van der Waals surface area contributed by atoms with E-state index in [4.69, 9.17) is 14.6 Å². The Morgan fingerprint density at radius 3 is 2.79 bits per heavy atom. The normalized spacial score (nSPS) is 31.7. The summed E-state index contributed by atoms with van der Waals surface area (Å²) < 4.78 is 11.5. The van der Waals surface area contributed by atoms with Crippen LogP contribution in [-0.2, 0) is 9.47 Å². The Kier molecular flexibility index (Phi) is 4.10. The molecule has 9 nitrogen and oxygen atoms in total. The summed E-state index contributed by atoms with van der Waals surface area (Å²) in [4.78, 5) is 7.82. The SMILES string of the molecule is CN=C(OC)c1ncn(C2OC(CO)C(O)C2O)n1. The molecule has 0 aromatic carbocycles. The number of rotatable bonds is 3. The Morgan fingerprint density at radius 1 is 1.53 bits per heavy atom. The van der Waals surface area contributed by atoms with Gasteiger partial charge in [-0.25, -0.2) is 9.67 Å². The molecule has 0 radical (unpaired) electrons. The molecule has 1 aliphatic heterocycles. The number of aromatic nitrogens is 3. The van der Waals surface area contributed by atoms with Crippen LogP contribution < -0.4 is 0 Å². The molecular formula is C10H16N4O5. The van der Waals surface area contributed by atoms with E-state index in [0.29, 0.717) is 0 Å². The van der Waals surface area contributed by atoms with Gasteiger partial charge in [0.1, 0.15) is 24.6 Å². The third-order valence-corrected chi connectivity index (χ3v) is 2.87. The van der Waals surface area contributed by atoms with E-state index in [9.17, 15) is 10.2 Å². The minimum absolute atomic E-state index is 0.239. The van der Waals surface area contributed by atoms with Crippen LogP contribution in [0.15, 0.2) is 11.3 Å². The number of aliphatic imine (C=N–C) groups is 1. The maximum atomic E-state index is 9.84. The van der Waals surface area contributed by atoms with Crippen LogP contribution in [-0.4, -0.2) is 75.1 Å². The number of methoxy groups -OCH3 is 1. The minimum atomic E-state index is -1.20. The third-order valence-electron chi connectivity index (χ3n) is 2.87. The second kappa shape index (κ2) is 5.61. The molecular weight excluding hydrogens is 256 g/mol. The lowest BCUT2D eigenvalue weighted by molar-refractivity contribution is -0.0588. The van der Waals surface area contributed by atoms with Gasteiger partial charge in [0, 0.05) is 7.05 Å². The van der Waals surface area contributed by atoms with Gasteiger partial charge in [-0.1, -0.05) is 0 Å². The Balaban J connectivity index is 2.20. The average Bonchev–Trinajstić information content (AvgIpc) is 2.99. The van der Waals surface area contributed by atoms with Gasteiger partial charge in [-0.05, 0) is 0 Å². The van der Waals surface area contributed by atoms with Crippen LogP contribution in [0.1, 0.15) is 12.1 Å². The average molecular weight is 272 g/mol. The van der Waals surface area contributed by atoms with Gasteiger partial charge >= 0.3 is 0 Å². The molecule has 106 valence electrons. The molecule has 3 N–H and O–H groups in total. The summed E-state index contributed by atoms with van der Waals surface area (Å²) in [5.74, 6) is 0.480. The second-order valence-electron chi connectivity index (χ2n) is 4.01. The standard InChI is InChI=1S/C10H16N4O5/c1-11-9(18-2)8-12-4-14(13-8)10-7(17)6(16)5(3-15)19-10/h4-7,10,15-17H,3H2,1-2H3. The monoisotopic (exact) mass is 272 g/mol. The Hall–Kier alpha value is -1.55. The molecule has 1 aromatic rings. The third kappa shape index (κ3) is 2.45. The first kappa shape index (κ1) is 13.9. The highest BCUT2D eigenvalue weighted by Crippen LogP contribution is 2.28. The van der Waals surface area contributed by atoms with Crippen molar-refractivity contribution in [2.45, 2.75) is 24.5 Å². The Bertz CT molecular complexity index is 463. The van der Waals surface area contributed by atoms with Gasteiger partial charge in [0.2, 0.25) is 5.82 Å². The Labute approximate surface area is 109 Å². The summed E-state index contributed by atoms with van der Waals surface area (Å²) in [6.45, 7) is -0.393. The fourth-order valence-corrected chi connectivity index (χ4v) is 1.88. The highest BCUT2D eigenvalue weighted by Gasteiger charge is 2.44. The number of ether oxygens (including phenoxy) is 2. The van der Waals surface area contributed by atoms with Crippen molar-refractivity contribution in [3.8, 4) is 0 Å². The van der Waals surface area contributed by atoms with Crippen LogP contribution >= 0.6 is 0 Å². The molecule has 1 aromatic heterocycles. The van der Waals surface area contributed by atoms with E-state index in [1.54, 1.807) is 0 Å². The van der Waals surface area contributed by atoms with Crippen LogP contribution in [0, 0.1) is 0 Å². The molecule has 1 saturated heterocycles. The van der Waals surface area contributed by atoms with E-state index in [1.807, 2.05) is 0 Å². The van der Waals surface area contributed by atoms with E-state index in [1.165, 1.54) is 25.2 Å². The van der Waals surface area contributed by atoms with Gasteiger partial charge in [0.05, 0.1) is 13.7 Å². The van der Waals surface area contributed by atoms with Crippen LogP contribution in [0.2, 0.25) is 0 Å². The lowest BCUT2D eigenvalue weighted by atomic mass is 10.1. The molecule has 0 bridgehead atoms. The van der Waals surface area contributed by atoms with Crippen molar-refractivity contribution < 1.29 is 24.8 Å². The quantitative estimate of drug-likeness (QED) is 0.426. The number of hydrogen-bond acceptors (Lipinski definition) is 8. The van der Waals surface area contributed by atoms with Crippen molar-refractivity contribution in [2.24, 2.45) is 4.99 Å². The highest BCUT2D eigenvalue weighted by molar-refractivity contribution is 5.89. The van der Waals surface area contributed by atoms with Crippen LogP contribution in [0.5, 0.6) is 0 Å². The second-order valence-corrected chi connectivity index (χ2v) is 4.01. The van der Waals surface area contributed by atoms with E-state index in [0.717, 1.165) is 0 Å². The molecule has 0 aliphatic carbocycles. The van der Waals surface area contributed by atoms with E-state index < -0.39 is 31.1 Å². The number of nitrogens with zero attached hydrogens (tertiary/aromatic N) is 4. The van der Waals surface area contributed by atoms with E-state index in [2.05, 4.69) is 15.1 Å². The molecule has 4 atom stereocenters. The lowest BCUT2D eigenvalue weighted by Gasteiger charge is -2.13. The van der Waals surface area contributed by atoms with Crippen molar-refractivity contribution in [1.82, 2.24) is 14.8 Å². The zero-order valence-electron chi connectivity index (χ0n) is 10.5. The first-order chi connectivity index (χ1) is 9.12. The van der Waals surface area contributed by atoms with E-state index >= 15 is 0 Å². The molecule has 4 unspecified atom stereocenters. The van der Waals surface area contributed by atoms with E-state index in [-0.39, 0.29) is 11.7 Å². The molecule has 9 heteroatoms. The number of hydrogen-bond donors (Lipinski definition) is 3. The molecule has 2 rings (SSSR count). The van der Waals surface area contributed by atoms with Gasteiger partial charge in [-0.2, -0.15) is 0 Å². The topological polar surface area (TPSA) is 122 Å². The Morgan fingerprint density at radius 2 is 2.26 bits per heavy atom. The molecule has 2 heterocycles. The molecule has 0 spiro atoms. The molecule has 0 amide bonds. The molecule has 19 heavy (non-hydrogen) atoms. The van der Waals surface area contributed by atoms with Gasteiger partial charge in [-0.15, -0.1) is 5.10 Å². The fourth-order valence-electron chi connectivity index (χ4n) is 1.88. The highest BCUT2D eigenvalue weighted by atomic mass is 16.6. The fraction of sp³-hybridized carbons (Fsp3) is 0.700. The van der Waals surface area contributed by atoms with Gasteiger partial charge < -0.3 is 24.8 Å². The molecule has 0 saturated carbocycles. The predicted molar refractivity (Wildman–Crippen MR) is 62.5 cm³/mol. The number of aliphatic hydroxyl groups is 3. The summed E-state index contributed by atoms with van der Waals surface area (Å²) in [6, 6.07) is 0. The van der Waals surface area contributed by atoms with Gasteiger partial charge in [0.15, 0.2) is 6.23 Å². The van der Waals surface area contributed by atoms with Gasteiger partial charge in [0.25, 0.3) is 5.90 Å². The summed E-state index contributed by atoms with van der Waals surface area (Å²) >= 11 is 0. The minimum Gasteiger partial charge on any atom is -0.479 e. The summed E-state index contributed by atoms with van der Waals surface area (Å²) in [5, 5.41) is 32.6. The summed E-state index contributed by atoms with van der Waals surface area (Å²) in [6.07, 6.45) is -2.81. The van der Waals surface area contributed by atoms with Crippen molar-refractivity contribution in [2.75, 3.05) is 20.8 Å². The summed E-state index contributed by atoms with van der Waals surface area (Å²) in [5.41, 5.74) is 0. The maximum Gasteiger partial charge on any atom is 0.256 e. The first-order valence-corrected chi connectivity index (χ1v) is 5.67.